The monoisotopic (exact) mass is 328 g/mol. The predicted octanol–water partition coefficient (Wildman–Crippen LogP) is 4.75. The zero-order valence-electron chi connectivity index (χ0n) is 10.4. The van der Waals surface area contributed by atoms with Crippen LogP contribution in [0.15, 0.2) is 11.1 Å². The van der Waals surface area contributed by atoms with Crippen LogP contribution in [-0.4, -0.2) is 16.5 Å². The van der Waals surface area contributed by atoms with Crippen molar-refractivity contribution in [1.82, 2.24) is 0 Å². The highest BCUT2D eigenvalue weighted by atomic mass is 79.9. The number of alkyl halides is 2. The van der Waals surface area contributed by atoms with Gasteiger partial charge in [0, 0.05) is 10.4 Å². The zero-order chi connectivity index (χ0) is 13.1. The van der Waals surface area contributed by atoms with Gasteiger partial charge < -0.3 is 0 Å². The molecule has 16 heavy (non-hydrogen) atoms. The first-order chi connectivity index (χ1) is 7.03. The van der Waals surface area contributed by atoms with Crippen LogP contribution in [0.5, 0.6) is 0 Å². The Hall–Kier alpha value is 0.470. The molecular formula is C12H19BrCl2O. The van der Waals surface area contributed by atoms with Gasteiger partial charge in [-0.2, -0.15) is 0 Å². The van der Waals surface area contributed by atoms with E-state index in [-0.39, 0.29) is 11.2 Å². The summed E-state index contributed by atoms with van der Waals surface area (Å²) in [6.45, 7) is 9.69. The summed E-state index contributed by atoms with van der Waals surface area (Å²) in [6, 6.07) is 0. The summed E-state index contributed by atoms with van der Waals surface area (Å²) in [5.74, 6) is 0.0714. The minimum atomic E-state index is -0.615. The van der Waals surface area contributed by atoms with Crippen molar-refractivity contribution in [2.75, 3.05) is 5.33 Å². The van der Waals surface area contributed by atoms with Crippen LogP contribution in [-0.2, 0) is 4.79 Å². The minimum Gasteiger partial charge on any atom is -0.298 e. The summed E-state index contributed by atoms with van der Waals surface area (Å²) < 4.78 is 0. The molecule has 0 rings (SSSR count). The molecule has 0 saturated heterocycles. The minimum absolute atomic E-state index is 0.0714. The van der Waals surface area contributed by atoms with E-state index in [1.165, 1.54) is 0 Å². The number of rotatable bonds is 4. The molecule has 0 aliphatic heterocycles. The van der Waals surface area contributed by atoms with Gasteiger partial charge in [-0.3, -0.25) is 4.79 Å². The molecule has 94 valence electrons. The van der Waals surface area contributed by atoms with Crippen LogP contribution in [0.3, 0.4) is 0 Å². The maximum atomic E-state index is 11.7. The average Bonchev–Trinajstić information content (AvgIpc) is 2.14. The van der Waals surface area contributed by atoms with Gasteiger partial charge in [-0.1, -0.05) is 68.2 Å². The van der Waals surface area contributed by atoms with Gasteiger partial charge in [0.2, 0.25) is 0 Å². The molecule has 0 N–H and O–H groups in total. The predicted molar refractivity (Wildman–Crippen MR) is 75.6 cm³/mol. The molecule has 0 amide bonds. The number of hydrogen-bond donors (Lipinski definition) is 0. The lowest BCUT2D eigenvalue weighted by Gasteiger charge is -2.27. The Bertz CT molecular complexity index is 290. The number of carbonyl (C=O) groups excluding carboxylic acids is 1. The average molecular weight is 330 g/mol. The van der Waals surface area contributed by atoms with Gasteiger partial charge in [-0.15, -0.1) is 11.6 Å². The van der Waals surface area contributed by atoms with Gasteiger partial charge >= 0.3 is 0 Å². The Morgan fingerprint density at radius 1 is 1.31 bits per heavy atom. The van der Waals surface area contributed by atoms with Crippen molar-refractivity contribution in [3.05, 3.63) is 11.1 Å². The summed E-state index contributed by atoms with van der Waals surface area (Å²) in [6.07, 6.45) is 1.77. The number of carbonyl (C=O) groups is 1. The lowest BCUT2D eigenvalue weighted by molar-refractivity contribution is -0.123. The Labute approximate surface area is 117 Å². The van der Waals surface area contributed by atoms with Gasteiger partial charge in [-0.05, 0) is 5.41 Å². The van der Waals surface area contributed by atoms with Crippen LogP contribution in [0, 0.1) is 10.8 Å². The molecule has 0 aromatic carbocycles. The van der Waals surface area contributed by atoms with Crippen molar-refractivity contribution in [1.29, 1.82) is 0 Å². The van der Waals surface area contributed by atoms with Crippen LogP contribution < -0.4 is 0 Å². The fourth-order valence-corrected chi connectivity index (χ4v) is 2.07. The molecule has 1 atom stereocenters. The Morgan fingerprint density at radius 3 is 2.06 bits per heavy atom. The van der Waals surface area contributed by atoms with Crippen LogP contribution in [0.1, 0.15) is 34.6 Å². The van der Waals surface area contributed by atoms with Crippen LogP contribution in [0.4, 0.5) is 0 Å². The summed E-state index contributed by atoms with van der Waals surface area (Å²) in [7, 11) is 0. The van der Waals surface area contributed by atoms with Crippen molar-refractivity contribution >= 4 is 44.9 Å². The Kier molecular flexibility index (Phi) is 6.05. The molecule has 0 heterocycles. The molecule has 0 aliphatic rings. The molecule has 0 aromatic heterocycles. The molecule has 0 aliphatic carbocycles. The molecule has 0 spiro atoms. The third-order valence-corrected chi connectivity index (χ3v) is 4.41. The highest BCUT2D eigenvalue weighted by molar-refractivity contribution is 9.09. The third kappa shape index (κ3) is 4.38. The number of allylic oxidation sites excluding steroid dienone is 2. The number of hydrogen-bond acceptors (Lipinski definition) is 1. The Morgan fingerprint density at radius 2 is 1.75 bits per heavy atom. The first-order valence-electron chi connectivity index (χ1n) is 5.14. The van der Waals surface area contributed by atoms with E-state index < -0.39 is 10.8 Å². The fraction of sp³-hybridized carbons (Fsp3) is 0.750. The maximum Gasteiger partial charge on any atom is 0.150 e. The van der Waals surface area contributed by atoms with E-state index in [0.717, 1.165) is 0 Å². The van der Waals surface area contributed by atoms with Gasteiger partial charge in [0.05, 0.1) is 10.7 Å². The lowest BCUT2D eigenvalue weighted by atomic mass is 9.83. The van der Waals surface area contributed by atoms with Crippen molar-refractivity contribution < 1.29 is 4.79 Å². The first kappa shape index (κ1) is 16.5. The summed E-state index contributed by atoms with van der Waals surface area (Å²) in [4.78, 5) is 11.7. The topological polar surface area (TPSA) is 17.1 Å². The second kappa shape index (κ2) is 5.88. The number of ketones is 1. The normalized spacial score (nSPS) is 16.1. The second-order valence-corrected chi connectivity index (χ2v) is 6.88. The van der Waals surface area contributed by atoms with E-state index in [1.54, 1.807) is 6.08 Å². The van der Waals surface area contributed by atoms with Crippen LogP contribution in [0.2, 0.25) is 0 Å². The van der Waals surface area contributed by atoms with E-state index >= 15 is 0 Å². The van der Waals surface area contributed by atoms with Crippen molar-refractivity contribution in [2.24, 2.45) is 10.8 Å². The molecule has 0 bridgehead atoms. The molecule has 0 radical (unpaired) electrons. The van der Waals surface area contributed by atoms with E-state index in [2.05, 4.69) is 15.9 Å². The molecule has 1 nitrogen and oxygen atoms in total. The summed E-state index contributed by atoms with van der Waals surface area (Å²) >= 11 is 15.6. The quantitative estimate of drug-likeness (QED) is 0.680. The summed E-state index contributed by atoms with van der Waals surface area (Å²) in [5.41, 5.74) is -0.751. The smallest absolute Gasteiger partial charge is 0.150 e. The fourth-order valence-electron chi connectivity index (χ4n) is 0.913. The van der Waals surface area contributed by atoms with Crippen LogP contribution >= 0.6 is 39.1 Å². The van der Waals surface area contributed by atoms with Crippen LogP contribution in [0.25, 0.3) is 0 Å². The molecule has 4 heteroatoms. The molecule has 0 saturated carbocycles. The molecule has 0 fully saturated rings. The molecule has 0 aromatic rings. The van der Waals surface area contributed by atoms with E-state index in [4.69, 9.17) is 23.2 Å². The van der Waals surface area contributed by atoms with Crippen molar-refractivity contribution in [3.63, 3.8) is 0 Å². The largest absolute Gasteiger partial charge is 0.298 e. The third-order valence-electron chi connectivity index (χ3n) is 2.54. The second-order valence-electron chi connectivity index (χ2n) is 5.44. The SMILES string of the molecule is CC(C)(C)/C(Cl)=C/C(Cl)C(C)(C)C(=O)CBr. The van der Waals surface area contributed by atoms with E-state index in [1.807, 2.05) is 34.6 Å². The number of halogens is 3. The van der Waals surface area contributed by atoms with Gasteiger partial charge in [0.15, 0.2) is 5.78 Å². The zero-order valence-corrected chi connectivity index (χ0v) is 13.5. The van der Waals surface area contributed by atoms with E-state index in [9.17, 15) is 4.79 Å². The maximum absolute atomic E-state index is 11.7. The van der Waals surface area contributed by atoms with E-state index in [0.29, 0.717) is 10.4 Å². The lowest BCUT2D eigenvalue weighted by Crippen LogP contribution is -2.34. The highest BCUT2D eigenvalue weighted by Gasteiger charge is 2.34. The van der Waals surface area contributed by atoms with Gasteiger partial charge in [0.1, 0.15) is 0 Å². The molecular weight excluding hydrogens is 311 g/mol. The summed E-state index contributed by atoms with van der Waals surface area (Å²) in [5, 5.41) is 0.594. The standard InChI is InChI=1S/C12H19BrCl2O/c1-11(2,3)8(14)6-9(15)12(4,5)10(16)7-13/h6,9H,7H2,1-5H3/b8-6-. The van der Waals surface area contributed by atoms with Crippen molar-refractivity contribution in [3.8, 4) is 0 Å². The molecule has 1 unspecified atom stereocenters. The first-order valence-corrected chi connectivity index (χ1v) is 7.08. The van der Waals surface area contributed by atoms with Gasteiger partial charge in [0.25, 0.3) is 0 Å². The highest BCUT2D eigenvalue weighted by Crippen LogP contribution is 2.34. The Balaban J connectivity index is 4.95. The van der Waals surface area contributed by atoms with Gasteiger partial charge in [-0.25, -0.2) is 0 Å². The van der Waals surface area contributed by atoms with Crippen molar-refractivity contribution in [2.45, 2.75) is 40.0 Å². The number of Topliss-reactive ketones (excluding diaryl/α,β-unsaturated/α-hetero) is 1.